The molecule has 2 bridgehead atoms. The van der Waals surface area contributed by atoms with Crippen molar-refractivity contribution in [3.8, 4) is 6.07 Å². The van der Waals surface area contributed by atoms with Crippen molar-refractivity contribution in [3.63, 3.8) is 0 Å². The molecule has 0 amide bonds. The molecule has 0 radical (unpaired) electrons. The molecule has 2 aliphatic carbocycles. The third-order valence-electron chi connectivity index (χ3n) is 3.67. The van der Waals surface area contributed by atoms with Gasteiger partial charge in [0.2, 0.25) is 5.54 Å². The molecule has 4 atom stereocenters. The molecular weight excluding hydrogens is 148 g/mol. The first kappa shape index (κ1) is 7.62. The predicted molar refractivity (Wildman–Crippen MR) is 44.9 cm³/mol. The molecule has 2 fully saturated rings. The van der Waals surface area contributed by atoms with E-state index in [1.165, 1.54) is 0 Å². The Labute approximate surface area is 73.0 Å². The zero-order chi connectivity index (χ0) is 8.77. The van der Waals surface area contributed by atoms with Crippen LogP contribution >= 0.6 is 0 Å². The van der Waals surface area contributed by atoms with E-state index in [1.54, 1.807) is 0 Å². The number of nitriles is 1. The minimum Gasteiger partial charge on any atom is -0.310 e. The first-order valence-electron chi connectivity index (χ1n) is 4.48. The Balaban J connectivity index is 2.20. The fraction of sp³-hybridized carbons (Fsp3) is 0.800. The lowest BCUT2D eigenvalue weighted by Gasteiger charge is -2.24. The zero-order valence-corrected chi connectivity index (χ0v) is 7.25. The maximum atomic E-state index is 8.80. The van der Waals surface area contributed by atoms with Gasteiger partial charge in [-0.3, -0.25) is 0 Å². The van der Waals surface area contributed by atoms with Gasteiger partial charge < -0.3 is 4.85 Å². The Morgan fingerprint density at radius 1 is 1.58 bits per heavy atom. The largest absolute Gasteiger partial charge is 0.310 e. The molecule has 0 aromatic rings. The molecule has 0 N–H and O–H groups in total. The minimum atomic E-state index is -0.127. The summed E-state index contributed by atoms with van der Waals surface area (Å²) >= 11 is 0. The van der Waals surface area contributed by atoms with Crippen LogP contribution in [0.3, 0.4) is 0 Å². The van der Waals surface area contributed by atoms with Crippen molar-refractivity contribution in [2.24, 2.45) is 17.8 Å². The second-order valence-corrected chi connectivity index (χ2v) is 4.34. The highest BCUT2D eigenvalue weighted by Crippen LogP contribution is 2.55. The van der Waals surface area contributed by atoms with Crippen molar-refractivity contribution < 1.29 is 0 Å². The first-order chi connectivity index (χ1) is 5.69. The van der Waals surface area contributed by atoms with Crippen molar-refractivity contribution in [1.82, 2.24) is 0 Å². The maximum Gasteiger partial charge on any atom is 0.233 e. The van der Waals surface area contributed by atoms with E-state index in [9.17, 15) is 0 Å². The molecule has 2 saturated carbocycles. The third kappa shape index (κ3) is 0.786. The monoisotopic (exact) mass is 160 g/mol. The molecule has 12 heavy (non-hydrogen) atoms. The number of hydrogen-bond acceptors (Lipinski definition) is 1. The fourth-order valence-electron chi connectivity index (χ4n) is 2.85. The van der Waals surface area contributed by atoms with Gasteiger partial charge in [-0.1, -0.05) is 0 Å². The van der Waals surface area contributed by atoms with Crippen LogP contribution in [0, 0.1) is 35.7 Å². The molecule has 4 unspecified atom stereocenters. The summed E-state index contributed by atoms with van der Waals surface area (Å²) in [5, 5.41) is 8.80. The molecule has 0 spiro atoms. The molecule has 0 aliphatic heterocycles. The molecular formula is C10H12N2. The molecule has 0 aromatic carbocycles. The maximum absolute atomic E-state index is 8.80. The summed E-state index contributed by atoms with van der Waals surface area (Å²) in [6, 6.07) is 2.35. The number of nitrogens with zero attached hydrogens (tertiary/aromatic N) is 2. The Morgan fingerprint density at radius 3 is 2.75 bits per heavy atom. The van der Waals surface area contributed by atoms with E-state index in [2.05, 4.69) is 17.8 Å². The Bertz CT molecular complexity index is 283. The van der Waals surface area contributed by atoms with Crippen LogP contribution in [0.1, 0.15) is 26.2 Å². The summed E-state index contributed by atoms with van der Waals surface area (Å²) < 4.78 is 0. The topological polar surface area (TPSA) is 28.1 Å². The molecule has 2 heteroatoms. The van der Waals surface area contributed by atoms with Crippen molar-refractivity contribution in [2.75, 3.05) is 0 Å². The second kappa shape index (κ2) is 2.23. The Hall–Kier alpha value is -1.02. The lowest BCUT2D eigenvalue weighted by atomic mass is 9.79. The average Bonchev–Trinajstić information content (AvgIpc) is 2.60. The van der Waals surface area contributed by atoms with Crippen molar-refractivity contribution in [1.29, 1.82) is 5.26 Å². The van der Waals surface area contributed by atoms with Crippen LogP contribution in [0.15, 0.2) is 0 Å². The Kier molecular flexibility index (Phi) is 1.42. The average molecular weight is 160 g/mol. The van der Waals surface area contributed by atoms with Gasteiger partial charge >= 0.3 is 0 Å². The van der Waals surface area contributed by atoms with E-state index in [0.717, 1.165) is 19.3 Å². The van der Waals surface area contributed by atoms with Crippen LogP contribution in [0.25, 0.3) is 4.85 Å². The highest BCUT2D eigenvalue weighted by Gasteiger charge is 2.57. The number of rotatable bonds is 0. The molecule has 0 saturated heterocycles. The van der Waals surface area contributed by atoms with E-state index in [-0.39, 0.29) is 11.5 Å². The lowest BCUT2D eigenvalue weighted by Crippen LogP contribution is -2.30. The smallest absolute Gasteiger partial charge is 0.233 e. The molecule has 62 valence electrons. The van der Waals surface area contributed by atoms with Crippen LogP contribution in [0.4, 0.5) is 0 Å². The second-order valence-electron chi connectivity index (χ2n) is 4.34. The van der Waals surface area contributed by atoms with Gasteiger partial charge in [-0.15, -0.1) is 0 Å². The Morgan fingerprint density at radius 2 is 2.33 bits per heavy atom. The minimum absolute atomic E-state index is 0.127. The van der Waals surface area contributed by atoms with Gasteiger partial charge in [0.1, 0.15) is 0 Å². The zero-order valence-electron chi connectivity index (χ0n) is 7.25. The van der Waals surface area contributed by atoms with Gasteiger partial charge in [0.05, 0.1) is 12.0 Å². The standard InChI is InChI=1S/C10H12N2/c1-10(12-2)5-7-3-9(10)4-8(7)6-11/h7-9H,3-5H2,1H3. The van der Waals surface area contributed by atoms with Gasteiger partial charge in [-0.25, -0.2) is 6.57 Å². The molecule has 2 nitrogen and oxygen atoms in total. The molecule has 2 rings (SSSR count). The van der Waals surface area contributed by atoms with E-state index in [0.29, 0.717) is 11.8 Å². The molecule has 0 aromatic heterocycles. The van der Waals surface area contributed by atoms with Crippen LogP contribution in [0.5, 0.6) is 0 Å². The van der Waals surface area contributed by atoms with Crippen LogP contribution < -0.4 is 0 Å². The number of fused-ring (bicyclic) bond motifs is 2. The van der Waals surface area contributed by atoms with Gasteiger partial charge in [0.25, 0.3) is 0 Å². The lowest BCUT2D eigenvalue weighted by molar-refractivity contribution is 0.306. The van der Waals surface area contributed by atoms with Gasteiger partial charge in [-0.05, 0) is 18.8 Å². The summed E-state index contributed by atoms with van der Waals surface area (Å²) in [7, 11) is 0. The summed E-state index contributed by atoms with van der Waals surface area (Å²) in [4.78, 5) is 3.71. The summed E-state index contributed by atoms with van der Waals surface area (Å²) in [6.07, 6.45) is 3.05. The van der Waals surface area contributed by atoms with Gasteiger partial charge in [0, 0.05) is 19.3 Å². The molecule has 2 aliphatic rings. The van der Waals surface area contributed by atoms with E-state index >= 15 is 0 Å². The summed E-state index contributed by atoms with van der Waals surface area (Å²) in [5.74, 6) is 1.29. The predicted octanol–water partition coefficient (Wildman–Crippen LogP) is 2.23. The van der Waals surface area contributed by atoms with E-state index in [1.807, 2.05) is 0 Å². The SMILES string of the molecule is [C-]#[N+]C1(C)CC2CC1CC2C#N. The van der Waals surface area contributed by atoms with E-state index < -0.39 is 0 Å². The van der Waals surface area contributed by atoms with Crippen LogP contribution in [-0.2, 0) is 0 Å². The van der Waals surface area contributed by atoms with Crippen molar-refractivity contribution in [3.05, 3.63) is 11.4 Å². The van der Waals surface area contributed by atoms with Crippen molar-refractivity contribution in [2.45, 2.75) is 31.7 Å². The van der Waals surface area contributed by atoms with E-state index in [4.69, 9.17) is 11.8 Å². The summed E-state index contributed by atoms with van der Waals surface area (Å²) in [6.45, 7) is 9.17. The number of hydrogen-bond donors (Lipinski definition) is 0. The van der Waals surface area contributed by atoms with Crippen LogP contribution in [0.2, 0.25) is 0 Å². The highest BCUT2D eigenvalue weighted by atomic mass is 14.8. The van der Waals surface area contributed by atoms with Gasteiger partial charge in [0.15, 0.2) is 0 Å². The highest BCUT2D eigenvalue weighted by molar-refractivity contribution is 5.15. The third-order valence-corrected chi connectivity index (χ3v) is 3.67. The normalized spacial score (nSPS) is 50.1. The van der Waals surface area contributed by atoms with Crippen molar-refractivity contribution >= 4 is 0 Å². The molecule has 0 heterocycles. The summed E-state index contributed by atoms with van der Waals surface area (Å²) in [5.41, 5.74) is -0.127. The van der Waals surface area contributed by atoms with Crippen LogP contribution in [-0.4, -0.2) is 5.54 Å². The fourth-order valence-corrected chi connectivity index (χ4v) is 2.85. The first-order valence-corrected chi connectivity index (χ1v) is 4.48. The van der Waals surface area contributed by atoms with Gasteiger partial charge in [-0.2, -0.15) is 5.26 Å². The quantitative estimate of drug-likeness (QED) is 0.499.